The number of thioether (sulfide) groups is 1. The van der Waals surface area contributed by atoms with Gasteiger partial charge in [0, 0.05) is 35.9 Å². The number of halogens is 1. The number of hydrogen-bond acceptors (Lipinski definition) is 50. The standard InChI is InChI=1S/C76H52O46.C15H18ClNO2S/c77-32-1-22(2-33(78)53(32)92)67(103)113-47-16-27(11-42(87)58(47)97)66(102)112-21-52-63(119-72(108)28-12-43(88)59(98)48(17-28)114-68(104)23-3-34(79)54(93)35(80)4-23)64(120-73(109)29-13-44(89)60(99)49(18-29)115-69(105)24-5-36(81)55(94)37(82)6-24)65(121-74(110)30-14-45(90)61(100)50(19-30)116-70(106)25-7-38(83)56(95)39(84)8-25)76(118-52)122-75(111)31-15-46(91)62(101)51(20-31)117-71(107)26-9-40(85)57(96)41(86)10-26;1-19-15(18)17-9-10-6-7-20-14(10)8-13(17)11-4-2-3-5-12(11)16/h1-20,52,63-65,76-101H,21H2;2-7,10,13-15,18H,8-9H2,1H3/t52-,63-,64+,65-,76+;10?,13?,14?,15-/m10/s1. The van der Waals surface area contributed by atoms with Gasteiger partial charge in [0.1, 0.15) is 12.7 Å². The SMILES string of the molecule is CO[C@H](O)N1CC2C=CSC2CC1c1ccccc1Cl.O=C(OC[C@H]1O[C@@H](OC(=O)c2cc(O)c(O)c(OC(=O)c3cc(O)c(O)c(O)c3)c2)[C@H](OC(=O)c2cc(O)c(O)c(OC(=O)c3cc(O)c(O)c(O)c3)c2)[C@@H](OC(=O)c2cc(O)c(O)c(OC(=O)c3cc(O)c(O)c(O)c3)c2)[C@@H]1OC(=O)c1cc(O)c(O)c(OC(=O)c2cc(O)c(O)c(O)c2)c1)c1cc(O)c(O)c(OC(=O)c2cc(O)c(O)c(O)c2)c1. The lowest BCUT2D eigenvalue weighted by molar-refractivity contribution is -0.282. The third-order valence-corrected chi connectivity index (χ3v) is 22.6. The summed E-state index contributed by atoms with van der Waals surface area (Å²) in [6.07, 6.45) is -12.8. The van der Waals surface area contributed by atoms with Gasteiger partial charge in [0.2, 0.25) is 47.6 Å². The molecule has 26 N–H and O–H groups in total. The molecule has 14 rings (SSSR count). The second-order valence-corrected chi connectivity index (χ2v) is 31.9. The first kappa shape index (κ1) is 101. The highest BCUT2D eigenvalue weighted by Gasteiger charge is 2.56. The Morgan fingerprint density at radius 2 is 0.606 bits per heavy atom. The van der Waals surface area contributed by atoms with Crippen molar-refractivity contribution in [3.8, 4) is 172 Å². The van der Waals surface area contributed by atoms with Crippen LogP contribution in [-0.2, 0) is 33.2 Å². The van der Waals surface area contributed by atoms with Crippen molar-refractivity contribution in [1.82, 2.24) is 4.90 Å². The third kappa shape index (κ3) is 21.6. The summed E-state index contributed by atoms with van der Waals surface area (Å²) in [5.41, 5.74) is -8.82. The molecule has 0 saturated carbocycles. The molecule has 0 aliphatic carbocycles. The Morgan fingerprint density at radius 3 is 0.901 bits per heavy atom. The highest BCUT2D eigenvalue weighted by molar-refractivity contribution is 8.03. The van der Waals surface area contributed by atoms with Crippen LogP contribution >= 0.6 is 23.4 Å². The number of carbonyl (C=O) groups is 10. The number of methoxy groups -OCH3 is 1. The van der Waals surface area contributed by atoms with Crippen molar-refractivity contribution in [2.75, 3.05) is 20.3 Å². The lowest BCUT2D eigenvalue weighted by Gasteiger charge is -2.43. The van der Waals surface area contributed by atoms with E-state index in [-0.39, 0.29) is 6.04 Å². The van der Waals surface area contributed by atoms with E-state index in [2.05, 4.69) is 11.5 Å². The molecule has 51 heteroatoms. The van der Waals surface area contributed by atoms with Crippen molar-refractivity contribution in [1.29, 1.82) is 0 Å². The first-order valence-electron chi connectivity index (χ1n) is 39.9. The molecule has 11 aromatic carbocycles. The molecule has 9 atom stereocenters. The van der Waals surface area contributed by atoms with Crippen LogP contribution in [0.3, 0.4) is 0 Å². The fourth-order valence-corrected chi connectivity index (χ4v) is 15.3. The average molecular weight is 2010 g/mol. The number of hydrogen-bond donors (Lipinski definition) is 26. The summed E-state index contributed by atoms with van der Waals surface area (Å²) in [4.78, 5) is 144. The second-order valence-electron chi connectivity index (χ2n) is 30.3. The Bertz CT molecular complexity index is 6900. The zero-order valence-electron chi connectivity index (χ0n) is 71.2. The van der Waals surface area contributed by atoms with Crippen molar-refractivity contribution in [2.45, 2.75) is 54.8 Å². The van der Waals surface area contributed by atoms with E-state index in [0.717, 1.165) is 23.6 Å². The molecule has 3 heterocycles. The van der Waals surface area contributed by atoms with Gasteiger partial charge < -0.3 is 190 Å². The molecule has 2 fully saturated rings. The minimum absolute atomic E-state index is 0.0901. The predicted molar refractivity (Wildman–Crippen MR) is 465 cm³/mol. The lowest BCUT2D eigenvalue weighted by atomic mass is 9.89. The molecule has 3 unspecified atom stereocenters. The Kier molecular flexibility index (Phi) is 29.2. The van der Waals surface area contributed by atoms with E-state index in [1.807, 2.05) is 40.9 Å². The number of aliphatic hydroxyl groups is 1. The first-order valence-corrected chi connectivity index (χ1v) is 41.2. The molecule has 0 amide bonds. The number of aromatic hydroxyl groups is 25. The molecule has 740 valence electrons. The molecule has 0 bridgehead atoms. The molecule has 0 spiro atoms. The summed E-state index contributed by atoms with van der Waals surface area (Å²) in [7, 11) is 1.53. The van der Waals surface area contributed by atoms with Crippen LogP contribution in [-0.4, -0.2) is 260 Å². The number of ether oxygens (including phenoxy) is 12. The van der Waals surface area contributed by atoms with Crippen molar-refractivity contribution in [3.63, 3.8) is 0 Å². The number of esters is 10. The van der Waals surface area contributed by atoms with E-state index in [1.165, 1.54) is 7.11 Å². The number of benzene rings is 11. The topological polar surface area (TPSA) is 811 Å². The fourth-order valence-electron chi connectivity index (χ4n) is 13.9. The zero-order valence-corrected chi connectivity index (χ0v) is 72.7. The molecule has 11 aromatic rings. The van der Waals surface area contributed by atoms with E-state index < -0.39 is 332 Å². The second kappa shape index (κ2) is 41.1. The Morgan fingerprint density at radius 1 is 0.345 bits per heavy atom. The average Bonchev–Trinajstić information content (AvgIpc) is 1.10. The van der Waals surface area contributed by atoms with Crippen LogP contribution in [0.1, 0.15) is 122 Å². The van der Waals surface area contributed by atoms with Crippen LogP contribution in [0, 0.1) is 5.92 Å². The van der Waals surface area contributed by atoms with Gasteiger partial charge in [-0.3, -0.25) is 0 Å². The molecule has 3 aliphatic rings. The minimum atomic E-state index is -3.12. The number of nitrogens with zero attached hydrogens (tertiary/aromatic N) is 1. The minimum Gasteiger partial charge on any atom is -0.504 e. The molecule has 3 aliphatic heterocycles. The molecule has 49 nitrogen and oxygen atoms in total. The van der Waals surface area contributed by atoms with Crippen molar-refractivity contribution < 1.29 is 238 Å². The summed E-state index contributed by atoms with van der Waals surface area (Å²) in [5, 5.41) is 275. The van der Waals surface area contributed by atoms with Crippen LogP contribution in [0.2, 0.25) is 5.02 Å². The van der Waals surface area contributed by atoms with Crippen molar-refractivity contribution >= 4 is 83.1 Å². The van der Waals surface area contributed by atoms with Crippen LogP contribution in [0.4, 0.5) is 0 Å². The summed E-state index contributed by atoms with van der Waals surface area (Å²) in [5.74, 6) is -55.5. The molecule has 0 aromatic heterocycles. The zero-order chi connectivity index (χ0) is 103. The van der Waals surface area contributed by atoms with Gasteiger partial charge in [-0.1, -0.05) is 35.9 Å². The molecular formula is C91H70ClNO48S. The quantitative estimate of drug-likeness (QED) is 0.00893. The molecular weight excluding hydrogens is 1940 g/mol. The van der Waals surface area contributed by atoms with Gasteiger partial charge >= 0.3 is 59.7 Å². The smallest absolute Gasteiger partial charge is 0.343 e. The van der Waals surface area contributed by atoms with E-state index in [9.17, 15) is 166 Å². The summed E-state index contributed by atoms with van der Waals surface area (Å²) in [6.45, 7) is -0.917. The van der Waals surface area contributed by atoms with Crippen LogP contribution < -0.4 is 23.7 Å². The fraction of sp³-hybridized carbons (Fsp3) is 0.143. The number of piperidine rings is 1. The Labute approximate surface area is 798 Å². The van der Waals surface area contributed by atoms with Crippen LogP contribution in [0.25, 0.3) is 0 Å². The van der Waals surface area contributed by atoms with Crippen LogP contribution in [0.5, 0.6) is 172 Å². The number of aliphatic hydroxyl groups excluding tert-OH is 1. The number of likely N-dealkylation sites (tertiary alicyclic amines) is 1. The number of rotatable bonds is 24. The van der Waals surface area contributed by atoms with E-state index in [4.69, 9.17) is 68.4 Å². The monoisotopic (exact) mass is 2010 g/mol. The lowest BCUT2D eigenvalue weighted by Crippen LogP contribution is -2.63. The van der Waals surface area contributed by atoms with Gasteiger partial charge in [-0.05, 0) is 145 Å². The summed E-state index contributed by atoms with van der Waals surface area (Å²) < 4.78 is 65.6. The van der Waals surface area contributed by atoms with Gasteiger partial charge in [0.05, 0.1) is 55.6 Å². The highest BCUT2D eigenvalue weighted by atomic mass is 35.5. The maximum Gasteiger partial charge on any atom is 0.343 e. The van der Waals surface area contributed by atoms with Crippen molar-refractivity contribution in [2.24, 2.45) is 5.92 Å². The largest absolute Gasteiger partial charge is 0.504 e. The number of fused-ring (bicyclic) bond motifs is 1. The number of carbonyl (C=O) groups excluding carboxylic acids is 10. The normalized spacial score (nSPS) is 17.0. The number of phenols is 25. The molecule has 0 radical (unpaired) electrons. The first-order chi connectivity index (χ1) is 67.1. The van der Waals surface area contributed by atoms with E-state index in [0.29, 0.717) is 132 Å². The van der Waals surface area contributed by atoms with Crippen molar-refractivity contribution in [3.05, 3.63) is 223 Å². The Hall–Kier alpha value is -18.7. The molecule has 142 heavy (non-hydrogen) atoms. The van der Waals surface area contributed by atoms with E-state index >= 15 is 14.4 Å². The van der Waals surface area contributed by atoms with Gasteiger partial charge in [0.25, 0.3) is 0 Å². The van der Waals surface area contributed by atoms with Crippen LogP contribution in [0.15, 0.2) is 157 Å². The van der Waals surface area contributed by atoms with Gasteiger partial charge in [-0.15, -0.1) is 11.8 Å². The Balaban J connectivity index is 0.000000746. The maximum absolute atomic E-state index is 15.3. The van der Waals surface area contributed by atoms with Gasteiger partial charge in [0.15, 0.2) is 156 Å². The van der Waals surface area contributed by atoms with Gasteiger partial charge in [-0.2, -0.15) is 0 Å². The summed E-state index contributed by atoms with van der Waals surface area (Å²) in [6, 6.07) is 16.5. The van der Waals surface area contributed by atoms with Gasteiger partial charge in [-0.25, -0.2) is 52.8 Å². The summed E-state index contributed by atoms with van der Waals surface area (Å²) >= 11 is 8.22. The number of phenolic OH excluding ortho intramolecular Hbond substituents is 25. The third-order valence-electron chi connectivity index (χ3n) is 21.0. The maximum atomic E-state index is 15.3. The highest BCUT2D eigenvalue weighted by Crippen LogP contribution is 2.50. The van der Waals surface area contributed by atoms with E-state index in [1.54, 1.807) is 0 Å². The predicted octanol–water partition coefficient (Wildman–Crippen LogP) is 8.09. The molecule has 2 saturated heterocycles.